The van der Waals surface area contributed by atoms with Crippen molar-refractivity contribution in [1.29, 1.82) is 0 Å². The van der Waals surface area contributed by atoms with Crippen LogP contribution in [0.1, 0.15) is 59.9 Å². The van der Waals surface area contributed by atoms with E-state index in [0.29, 0.717) is 33.3 Å². The number of benzene rings is 2. The molecular weight excluding hydrogens is 489 g/mol. The van der Waals surface area contributed by atoms with Gasteiger partial charge in [-0.25, -0.2) is 0 Å². The maximum atomic E-state index is 13.3. The standard InChI is InChI=1S/C26H29Cl2N3O4/c1-16(2)14-29-24(33)17(3)31(15-18-10-11-19(27)13-22(18)28)23(32)9-6-12-30-25(34)20-7-4-5-8-21(20)26(30)35/h4-5,7-8,10-11,13,16-17H,6,9,12,14-15H2,1-3H3,(H,29,33)/t17-/m1/s1. The SMILES string of the molecule is CC(C)CNC(=O)[C@@H](C)N(Cc1ccc(Cl)cc1Cl)C(=O)CCCN1C(=O)c2ccccc2C1=O. The number of nitrogens with one attached hydrogen (secondary N) is 1. The quantitative estimate of drug-likeness (QED) is 0.468. The van der Waals surface area contributed by atoms with Crippen LogP contribution in [0.4, 0.5) is 0 Å². The Labute approximate surface area is 215 Å². The molecule has 186 valence electrons. The van der Waals surface area contributed by atoms with Crippen LogP contribution in [0.15, 0.2) is 42.5 Å². The summed E-state index contributed by atoms with van der Waals surface area (Å²) < 4.78 is 0. The van der Waals surface area contributed by atoms with Gasteiger partial charge in [0.15, 0.2) is 0 Å². The monoisotopic (exact) mass is 517 g/mol. The number of fused-ring (bicyclic) bond motifs is 1. The van der Waals surface area contributed by atoms with Gasteiger partial charge in [-0.15, -0.1) is 0 Å². The lowest BCUT2D eigenvalue weighted by atomic mass is 10.1. The highest BCUT2D eigenvalue weighted by molar-refractivity contribution is 6.35. The van der Waals surface area contributed by atoms with Gasteiger partial charge in [-0.2, -0.15) is 0 Å². The van der Waals surface area contributed by atoms with Gasteiger partial charge in [-0.1, -0.05) is 55.2 Å². The molecule has 1 N–H and O–H groups in total. The molecule has 1 aliphatic rings. The second-order valence-corrected chi connectivity index (χ2v) is 9.83. The average Bonchev–Trinajstić information content (AvgIpc) is 3.06. The summed E-state index contributed by atoms with van der Waals surface area (Å²) in [6.45, 7) is 6.37. The van der Waals surface area contributed by atoms with Gasteiger partial charge in [0.2, 0.25) is 11.8 Å². The Morgan fingerprint density at radius 1 is 1.00 bits per heavy atom. The van der Waals surface area contributed by atoms with Crippen LogP contribution in [0.25, 0.3) is 0 Å². The van der Waals surface area contributed by atoms with Gasteiger partial charge in [0.05, 0.1) is 11.1 Å². The third kappa shape index (κ3) is 6.41. The summed E-state index contributed by atoms with van der Waals surface area (Å²) >= 11 is 12.3. The molecule has 0 unspecified atom stereocenters. The highest BCUT2D eigenvalue weighted by Crippen LogP contribution is 2.25. The molecule has 1 atom stereocenters. The van der Waals surface area contributed by atoms with Crippen molar-refractivity contribution in [2.45, 2.75) is 46.2 Å². The van der Waals surface area contributed by atoms with Crippen LogP contribution in [-0.4, -0.2) is 52.6 Å². The van der Waals surface area contributed by atoms with Gasteiger partial charge in [-0.3, -0.25) is 24.1 Å². The number of hydrogen-bond acceptors (Lipinski definition) is 4. The molecule has 0 aliphatic carbocycles. The van der Waals surface area contributed by atoms with E-state index in [-0.39, 0.29) is 55.5 Å². The highest BCUT2D eigenvalue weighted by Gasteiger charge is 2.35. The first-order valence-electron chi connectivity index (χ1n) is 11.6. The van der Waals surface area contributed by atoms with Crippen LogP contribution < -0.4 is 5.32 Å². The second-order valence-electron chi connectivity index (χ2n) is 8.98. The van der Waals surface area contributed by atoms with Crippen molar-refractivity contribution in [1.82, 2.24) is 15.1 Å². The molecule has 2 aromatic carbocycles. The van der Waals surface area contributed by atoms with Gasteiger partial charge in [0.1, 0.15) is 6.04 Å². The molecule has 3 rings (SSSR count). The Morgan fingerprint density at radius 2 is 1.63 bits per heavy atom. The first kappa shape index (κ1) is 26.7. The molecule has 0 saturated heterocycles. The van der Waals surface area contributed by atoms with Gasteiger partial charge in [0, 0.05) is 36.1 Å². The second kappa shape index (κ2) is 11.7. The van der Waals surface area contributed by atoms with Crippen LogP contribution in [0.5, 0.6) is 0 Å². The summed E-state index contributed by atoms with van der Waals surface area (Å²) in [4.78, 5) is 53.8. The van der Waals surface area contributed by atoms with Crippen molar-refractivity contribution in [3.63, 3.8) is 0 Å². The molecule has 0 bridgehead atoms. The van der Waals surface area contributed by atoms with Gasteiger partial charge in [-0.05, 0) is 49.1 Å². The molecule has 1 heterocycles. The predicted octanol–water partition coefficient (Wildman–Crippen LogP) is 4.56. The Hall–Kier alpha value is -2.90. The fraction of sp³-hybridized carbons (Fsp3) is 0.385. The van der Waals surface area contributed by atoms with Crippen molar-refractivity contribution < 1.29 is 19.2 Å². The first-order chi connectivity index (χ1) is 16.6. The average molecular weight is 518 g/mol. The molecular formula is C26H29Cl2N3O4. The number of imide groups is 1. The predicted molar refractivity (Wildman–Crippen MR) is 135 cm³/mol. The van der Waals surface area contributed by atoms with Crippen LogP contribution in [-0.2, 0) is 16.1 Å². The van der Waals surface area contributed by atoms with E-state index < -0.39 is 6.04 Å². The lowest BCUT2D eigenvalue weighted by Gasteiger charge is -2.29. The molecule has 0 radical (unpaired) electrons. The van der Waals surface area contributed by atoms with Gasteiger partial charge >= 0.3 is 0 Å². The van der Waals surface area contributed by atoms with Crippen LogP contribution in [0.3, 0.4) is 0 Å². The third-order valence-electron chi connectivity index (χ3n) is 5.86. The maximum absolute atomic E-state index is 13.3. The Bertz CT molecular complexity index is 1100. The number of nitrogens with zero attached hydrogens (tertiary/aromatic N) is 2. The zero-order valence-corrected chi connectivity index (χ0v) is 21.5. The van der Waals surface area contributed by atoms with Crippen molar-refractivity contribution in [2.75, 3.05) is 13.1 Å². The molecule has 7 nitrogen and oxygen atoms in total. The topological polar surface area (TPSA) is 86.8 Å². The summed E-state index contributed by atoms with van der Waals surface area (Å²) in [5.41, 5.74) is 1.41. The third-order valence-corrected chi connectivity index (χ3v) is 6.45. The van der Waals surface area contributed by atoms with Crippen LogP contribution in [0.2, 0.25) is 10.0 Å². The maximum Gasteiger partial charge on any atom is 0.261 e. The minimum Gasteiger partial charge on any atom is -0.354 e. The number of carbonyl (C=O) groups excluding carboxylic acids is 4. The van der Waals surface area contributed by atoms with Gasteiger partial charge < -0.3 is 10.2 Å². The molecule has 9 heteroatoms. The number of amides is 4. The lowest BCUT2D eigenvalue weighted by Crippen LogP contribution is -2.48. The number of carbonyl (C=O) groups is 4. The summed E-state index contributed by atoms with van der Waals surface area (Å²) in [5.74, 6) is -0.994. The Balaban J connectivity index is 1.69. The summed E-state index contributed by atoms with van der Waals surface area (Å²) in [6.07, 6.45) is 0.329. The van der Waals surface area contributed by atoms with E-state index in [9.17, 15) is 19.2 Å². The Morgan fingerprint density at radius 3 is 2.20 bits per heavy atom. The van der Waals surface area contributed by atoms with E-state index in [4.69, 9.17) is 23.2 Å². The van der Waals surface area contributed by atoms with E-state index in [2.05, 4.69) is 5.32 Å². The molecule has 2 aromatic rings. The summed E-state index contributed by atoms with van der Waals surface area (Å²) in [5, 5.41) is 3.74. The summed E-state index contributed by atoms with van der Waals surface area (Å²) in [7, 11) is 0. The Kier molecular flexibility index (Phi) is 8.92. The minimum absolute atomic E-state index is 0.0560. The zero-order valence-electron chi connectivity index (χ0n) is 20.0. The molecule has 0 saturated carbocycles. The molecule has 0 aromatic heterocycles. The number of halogens is 2. The van der Waals surface area contributed by atoms with E-state index >= 15 is 0 Å². The van der Waals surface area contributed by atoms with Crippen LogP contribution in [0, 0.1) is 5.92 Å². The molecule has 0 spiro atoms. The fourth-order valence-electron chi connectivity index (χ4n) is 3.84. The molecule has 35 heavy (non-hydrogen) atoms. The normalized spacial score (nSPS) is 13.7. The number of rotatable bonds is 10. The zero-order chi connectivity index (χ0) is 25.7. The molecule has 1 aliphatic heterocycles. The van der Waals surface area contributed by atoms with Crippen molar-refractivity contribution in [3.05, 3.63) is 69.2 Å². The summed E-state index contributed by atoms with van der Waals surface area (Å²) in [6, 6.07) is 10.9. The number of hydrogen-bond donors (Lipinski definition) is 1. The largest absolute Gasteiger partial charge is 0.354 e. The van der Waals surface area contributed by atoms with Crippen molar-refractivity contribution in [2.24, 2.45) is 5.92 Å². The van der Waals surface area contributed by atoms with Crippen molar-refractivity contribution >= 4 is 46.8 Å². The first-order valence-corrected chi connectivity index (χ1v) is 12.3. The van der Waals surface area contributed by atoms with Crippen molar-refractivity contribution in [3.8, 4) is 0 Å². The van der Waals surface area contributed by atoms with Crippen LogP contribution >= 0.6 is 23.2 Å². The van der Waals surface area contributed by atoms with E-state index in [1.807, 2.05) is 13.8 Å². The van der Waals surface area contributed by atoms with E-state index in [1.54, 1.807) is 49.4 Å². The minimum atomic E-state index is -0.743. The lowest BCUT2D eigenvalue weighted by molar-refractivity contribution is -0.140. The fourth-order valence-corrected chi connectivity index (χ4v) is 4.31. The van der Waals surface area contributed by atoms with E-state index in [0.717, 1.165) is 4.90 Å². The molecule has 0 fully saturated rings. The molecule has 4 amide bonds. The smallest absolute Gasteiger partial charge is 0.261 e. The van der Waals surface area contributed by atoms with Gasteiger partial charge in [0.25, 0.3) is 11.8 Å². The highest BCUT2D eigenvalue weighted by atomic mass is 35.5. The van der Waals surface area contributed by atoms with E-state index in [1.165, 1.54) is 4.90 Å².